The Balaban J connectivity index is 1.42. The molecule has 5 nitrogen and oxygen atoms in total. The van der Waals surface area contributed by atoms with Crippen molar-refractivity contribution >= 4 is 27.7 Å². The number of para-hydroxylation sites is 1. The molecule has 0 aliphatic carbocycles. The van der Waals surface area contributed by atoms with Crippen molar-refractivity contribution in [3.05, 3.63) is 70.6 Å². The van der Waals surface area contributed by atoms with Crippen molar-refractivity contribution in [2.24, 2.45) is 5.92 Å². The Morgan fingerprint density at radius 2 is 1.73 bits per heavy atom. The molecule has 2 aliphatic heterocycles. The van der Waals surface area contributed by atoms with E-state index in [0.717, 1.165) is 36.2 Å². The summed E-state index contributed by atoms with van der Waals surface area (Å²) in [7, 11) is -3.48. The van der Waals surface area contributed by atoms with Crippen molar-refractivity contribution in [3.63, 3.8) is 0 Å². The van der Waals surface area contributed by atoms with Crippen LogP contribution in [0.1, 0.15) is 36.0 Å². The molecule has 0 unspecified atom stereocenters. The van der Waals surface area contributed by atoms with Crippen molar-refractivity contribution in [1.29, 1.82) is 0 Å². The molecule has 0 saturated carbocycles. The van der Waals surface area contributed by atoms with Crippen LogP contribution in [0.5, 0.6) is 0 Å². The molecule has 6 heteroatoms. The van der Waals surface area contributed by atoms with Crippen LogP contribution in [0.15, 0.2) is 53.9 Å². The normalized spacial score (nSPS) is 18.5. The van der Waals surface area contributed by atoms with Crippen LogP contribution in [0.3, 0.4) is 0 Å². The Kier molecular flexibility index (Phi) is 6.06. The minimum atomic E-state index is -3.48. The van der Waals surface area contributed by atoms with Gasteiger partial charge < -0.3 is 4.90 Å². The topological polar surface area (TPSA) is 57.7 Å². The van der Waals surface area contributed by atoms with Gasteiger partial charge in [0.05, 0.1) is 0 Å². The molecule has 0 N–H and O–H groups in total. The number of rotatable bonds is 4. The average molecular weight is 425 g/mol. The van der Waals surface area contributed by atoms with Crippen molar-refractivity contribution < 1.29 is 13.2 Å². The van der Waals surface area contributed by atoms with E-state index in [2.05, 4.69) is 25.1 Å². The van der Waals surface area contributed by atoms with Crippen LogP contribution >= 0.6 is 0 Å². The van der Waals surface area contributed by atoms with Crippen molar-refractivity contribution in [1.82, 2.24) is 4.31 Å². The van der Waals surface area contributed by atoms with Crippen LogP contribution in [0.2, 0.25) is 0 Å². The van der Waals surface area contributed by atoms with Gasteiger partial charge in [-0.05, 0) is 55.4 Å². The van der Waals surface area contributed by atoms with Gasteiger partial charge in [0.1, 0.15) is 0 Å². The van der Waals surface area contributed by atoms with Gasteiger partial charge in [-0.2, -0.15) is 4.31 Å². The van der Waals surface area contributed by atoms with Crippen molar-refractivity contribution in [3.8, 4) is 0 Å². The van der Waals surface area contributed by atoms with Crippen LogP contribution in [-0.2, 0) is 21.2 Å². The first-order chi connectivity index (χ1) is 14.5. The Bertz CT molecular complexity index is 1040. The maximum atomic E-state index is 13.3. The molecule has 158 valence electrons. The summed E-state index contributed by atoms with van der Waals surface area (Å²) < 4.78 is 26.9. The molecule has 1 fully saturated rings. The summed E-state index contributed by atoms with van der Waals surface area (Å²) in [5, 5.41) is 1.27. The van der Waals surface area contributed by atoms with Gasteiger partial charge in [0.25, 0.3) is 0 Å². The number of piperidine rings is 1. The first-order valence-corrected chi connectivity index (χ1v) is 12.1. The summed E-state index contributed by atoms with van der Waals surface area (Å²) in [5.74, 6) is 0.0160. The van der Waals surface area contributed by atoms with Crippen LogP contribution in [-0.4, -0.2) is 38.3 Å². The smallest absolute Gasteiger partial charge is 0.236 e. The summed E-state index contributed by atoms with van der Waals surface area (Å²) in [5.41, 5.74) is 4.28. The van der Waals surface area contributed by atoms with E-state index >= 15 is 0 Å². The second-order valence-electron chi connectivity index (χ2n) is 8.11. The summed E-state index contributed by atoms with van der Waals surface area (Å²) in [4.78, 5) is 15.2. The highest BCUT2D eigenvalue weighted by molar-refractivity contribution is 7.92. The molecule has 0 radical (unpaired) electrons. The number of carbonyl (C=O) groups is 1. The molecule has 0 spiro atoms. The lowest BCUT2D eigenvalue weighted by Crippen LogP contribution is -2.45. The number of anilines is 1. The molecular weight excluding hydrogens is 396 g/mol. The molecule has 1 amide bonds. The third-order valence-corrected chi connectivity index (χ3v) is 7.65. The van der Waals surface area contributed by atoms with Crippen LogP contribution in [0, 0.1) is 12.8 Å². The van der Waals surface area contributed by atoms with Gasteiger partial charge in [-0.1, -0.05) is 48.5 Å². The van der Waals surface area contributed by atoms with E-state index in [4.69, 9.17) is 0 Å². The maximum absolute atomic E-state index is 13.3. The quantitative estimate of drug-likeness (QED) is 0.746. The molecule has 2 aromatic carbocycles. The predicted molar refractivity (Wildman–Crippen MR) is 121 cm³/mol. The number of carbonyl (C=O) groups excluding carboxylic acids is 1. The lowest BCUT2D eigenvalue weighted by Gasteiger charge is -2.36. The summed E-state index contributed by atoms with van der Waals surface area (Å²) in [6.07, 6.45) is 4.73. The number of nitrogens with zero attached hydrogens (tertiary/aromatic N) is 2. The molecule has 2 aliphatic rings. The fraction of sp³-hybridized carbons (Fsp3) is 0.375. The number of sulfonamides is 1. The zero-order valence-corrected chi connectivity index (χ0v) is 18.1. The second-order valence-corrected chi connectivity index (χ2v) is 9.93. The zero-order valence-electron chi connectivity index (χ0n) is 17.3. The fourth-order valence-electron chi connectivity index (χ4n) is 4.46. The first-order valence-electron chi connectivity index (χ1n) is 10.6. The summed E-state index contributed by atoms with van der Waals surface area (Å²) in [6.45, 7) is 3.56. The van der Waals surface area contributed by atoms with Crippen molar-refractivity contribution in [2.45, 2.75) is 32.6 Å². The van der Waals surface area contributed by atoms with Crippen LogP contribution in [0.4, 0.5) is 5.69 Å². The highest BCUT2D eigenvalue weighted by atomic mass is 32.2. The van der Waals surface area contributed by atoms with Crippen LogP contribution in [0.25, 0.3) is 6.08 Å². The SMILES string of the molecule is Cc1cccc2c1N(C(=O)C1CCN(S(=O)(=O)/C=C/c3ccccc3)CC1)CCC2. The number of benzene rings is 2. The van der Waals surface area contributed by atoms with E-state index in [1.807, 2.05) is 35.2 Å². The third kappa shape index (κ3) is 4.35. The standard InChI is InChI=1S/C24H28N2O3S/c1-19-7-5-10-21-11-6-15-26(23(19)21)24(27)22-12-16-25(17-13-22)30(28,29)18-14-20-8-3-2-4-9-20/h2-5,7-10,14,18,22H,6,11-13,15-17H2,1H3/b18-14+. The highest BCUT2D eigenvalue weighted by Crippen LogP contribution is 2.33. The molecule has 0 atom stereocenters. The van der Waals surface area contributed by atoms with Gasteiger partial charge in [-0.3, -0.25) is 4.79 Å². The van der Waals surface area contributed by atoms with Gasteiger partial charge in [-0.25, -0.2) is 8.42 Å². The van der Waals surface area contributed by atoms with Gasteiger partial charge in [0, 0.05) is 36.6 Å². The molecule has 30 heavy (non-hydrogen) atoms. The maximum Gasteiger partial charge on any atom is 0.236 e. The molecule has 2 heterocycles. The molecule has 4 rings (SSSR count). The number of aryl methyl sites for hydroxylation is 2. The molecule has 0 aromatic heterocycles. The molecule has 2 aromatic rings. The predicted octanol–water partition coefficient (Wildman–Crippen LogP) is 3.99. The van der Waals surface area contributed by atoms with E-state index in [1.54, 1.807) is 6.08 Å². The molecule has 0 bridgehead atoms. The zero-order chi connectivity index (χ0) is 21.1. The Hall–Kier alpha value is -2.44. The number of hydrogen-bond donors (Lipinski definition) is 0. The Morgan fingerprint density at radius 3 is 2.47 bits per heavy atom. The van der Waals surface area contributed by atoms with E-state index in [9.17, 15) is 13.2 Å². The average Bonchev–Trinajstić information content (AvgIpc) is 2.78. The number of fused-ring (bicyclic) bond motifs is 1. The minimum Gasteiger partial charge on any atom is -0.312 e. The first kappa shape index (κ1) is 20.8. The van der Waals surface area contributed by atoms with E-state index in [-0.39, 0.29) is 11.8 Å². The Morgan fingerprint density at radius 1 is 1.00 bits per heavy atom. The van der Waals surface area contributed by atoms with Gasteiger partial charge >= 0.3 is 0 Å². The largest absolute Gasteiger partial charge is 0.312 e. The van der Waals surface area contributed by atoms with Crippen LogP contribution < -0.4 is 4.90 Å². The summed E-state index contributed by atoms with van der Waals surface area (Å²) in [6, 6.07) is 15.6. The van der Waals surface area contributed by atoms with Gasteiger partial charge in [0.15, 0.2) is 0 Å². The van der Waals surface area contributed by atoms with E-state index < -0.39 is 10.0 Å². The van der Waals surface area contributed by atoms with Gasteiger partial charge in [0.2, 0.25) is 15.9 Å². The third-order valence-electron chi connectivity index (χ3n) is 6.08. The Labute approximate surface area is 179 Å². The minimum absolute atomic E-state index is 0.125. The van der Waals surface area contributed by atoms with Gasteiger partial charge in [-0.15, -0.1) is 0 Å². The highest BCUT2D eigenvalue weighted by Gasteiger charge is 2.34. The van der Waals surface area contributed by atoms with Crippen molar-refractivity contribution in [2.75, 3.05) is 24.5 Å². The lowest BCUT2D eigenvalue weighted by atomic mass is 9.93. The van der Waals surface area contributed by atoms with E-state index in [0.29, 0.717) is 25.9 Å². The number of hydrogen-bond acceptors (Lipinski definition) is 3. The summed E-state index contributed by atoms with van der Waals surface area (Å²) >= 11 is 0. The monoisotopic (exact) mass is 424 g/mol. The fourth-order valence-corrected chi connectivity index (χ4v) is 5.68. The lowest BCUT2D eigenvalue weighted by molar-refractivity contribution is -0.123. The van der Waals surface area contributed by atoms with E-state index in [1.165, 1.54) is 15.3 Å². The second kappa shape index (κ2) is 8.74. The molecule has 1 saturated heterocycles. The number of amides is 1. The molecular formula is C24H28N2O3S.